The number of morpholine rings is 1. The molecule has 1 N–H and O–H groups in total. The van der Waals surface area contributed by atoms with E-state index in [0.29, 0.717) is 18.2 Å². The molecule has 2 unspecified atom stereocenters. The predicted octanol–water partition coefficient (Wildman–Crippen LogP) is 3.35. The van der Waals surface area contributed by atoms with Gasteiger partial charge in [-0.3, -0.25) is 0 Å². The van der Waals surface area contributed by atoms with E-state index in [2.05, 4.69) is 22.3 Å². The van der Waals surface area contributed by atoms with Crippen molar-refractivity contribution in [1.29, 1.82) is 0 Å². The highest BCUT2D eigenvalue weighted by Gasteiger charge is 2.37. The molecule has 4 heteroatoms. The van der Waals surface area contributed by atoms with E-state index in [0.717, 1.165) is 24.7 Å². The molecule has 1 aliphatic heterocycles. The van der Waals surface area contributed by atoms with Crippen LogP contribution < -0.4 is 10.2 Å². The Bertz CT molecular complexity index is 518. The monoisotopic (exact) mass is 306 g/mol. The fourth-order valence-corrected chi connectivity index (χ4v) is 3.99. The topological polar surface area (TPSA) is 24.5 Å². The summed E-state index contributed by atoms with van der Waals surface area (Å²) in [6.07, 6.45) is 6.76. The molecule has 0 aromatic heterocycles. The van der Waals surface area contributed by atoms with Gasteiger partial charge in [-0.05, 0) is 44.2 Å². The number of nitrogens with one attached hydrogen (secondary N) is 1. The molecule has 1 heterocycles. The summed E-state index contributed by atoms with van der Waals surface area (Å²) in [5.41, 5.74) is 2.58. The van der Waals surface area contributed by atoms with Crippen LogP contribution in [0.15, 0.2) is 18.2 Å². The van der Waals surface area contributed by atoms with Crippen molar-refractivity contribution in [2.24, 2.45) is 0 Å². The molecule has 2 atom stereocenters. The molecule has 2 saturated carbocycles. The van der Waals surface area contributed by atoms with E-state index in [1.165, 1.54) is 43.4 Å². The molecule has 3 aliphatic rings. The van der Waals surface area contributed by atoms with E-state index in [-0.39, 0.29) is 0 Å². The Morgan fingerprint density at radius 3 is 3.00 bits per heavy atom. The van der Waals surface area contributed by atoms with Crippen LogP contribution in [-0.2, 0) is 11.3 Å². The summed E-state index contributed by atoms with van der Waals surface area (Å²) in [6.45, 7) is 2.70. The molecule has 0 spiro atoms. The predicted molar refractivity (Wildman–Crippen MR) is 86.0 cm³/mol. The van der Waals surface area contributed by atoms with Crippen molar-refractivity contribution in [1.82, 2.24) is 5.32 Å². The first kappa shape index (κ1) is 13.9. The van der Waals surface area contributed by atoms with E-state index in [1.807, 2.05) is 6.07 Å². The molecule has 3 fully saturated rings. The number of halogens is 1. The summed E-state index contributed by atoms with van der Waals surface area (Å²) >= 11 is 6.50. The summed E-state index contributed by atoms with van der Waals surface area (Å²) in [5.74, 6) is 0. The fraction of sp³-hybridized carbons (Fsp3) is 0.647. The van der Waals surface area contributed by atoms with Crippen molar-refractivity contribution in [3.63, 3.8) is 0 Å². The van der Waals surface area contributed by atoms with Gasteiger partial charge in [-0.2, -0.15) is 0 Å². The van der Waals surface area contributed by atoms with Gasteiger partial charge in [0.05, 0.1) is 18.8 Å². The minimum Gasteiger partial charge on any atom is -0.374 e. The van der Waals surface area contributed by atoms with Crippen LogP contribution in [0.3, 0.4) is 0 Å². The average molecular weight is 307 g/mol. The number of ether oxygens (including phenoxy) is 1. The minimum absolute atomic E-state index is 0.418. The summed E-state index contributed by atoms with van der Waals surface area (Å²) in [7, 11) is 0. The van der Waals surface area contributed by atoms with Gasteiger partial charge in [0.25, 0.3) is 0 Å². The first-order chi connectivity index (χ1) is 10.3. The molecule has 3 nitrogen and oxygen atoms in total. The van der Waals surface area contributed by atoms with Gasteiger partial charge >= 0.3 is 0 Å². The third-order valence-electron chi connectivity index (χ3n) is 5.03. The highest BCUT2D eigenvalue weighted by Crippen LogP contribution is 2.37. The van der Waals surface area contributed by atoms with Crippen LogP contribution in [0.4, 0.5) is 5.69 Å². The van der Waals surface area contributed by atoms with E-state index < -0.39 is 0 Å². The quantitative estimate of drug-likeness (QED) is 0.923. The molecule has 114 valence electrons. The molecular formula is C17H23ClN2O. The Kier molecular flexibility index (Phi) is 3.82. The second kappa shape index (κ2) is 5.79. The molecule has 1 aromatic carbocycles. The summed E-state index contributed by atoms with van der Waals surface area (Å²) in [4.78, 5) is 2.55. The van der Waals surface area contributed by atoms with Crippen LogP contribution in [-0.4, -0.2) is 31.3 Å². The smallest absolute Gasteiger partial charge is 0.0779 e. The van der Waals surface area contributed by atoms with Crippen molar-refractivity contribution in [2.45, 2.75) is 56.8 Å². The van der Waals surface area contributed by atoms with E-state index >= 15 is 0 Å². The van der Waals surface area contributed by atoms with Crippen LogP contribution in [0.25, 0.3) is 0 Å². The highest BCUT2D eigenvalue weighted by molar-refractivity contribution is 6.31. The standard InChI is InChI=1S/C17H23ClN2O/c18-14-3-1-4-15(13(14)11-19-12-7-8-12)20-9-10-21-17-6-2-5-16(17)20/h1,3-4,12,16-17,19H,2,5-11H2. The maximum atomic E-state index is 6.50. The van der Waals surface area contributed by atoms with Gasteiger partial charge in [-0.25, -0.2) is 0 Å². The van der Waals surface area contributed by atoms with Gasteiger partial charge < -0.3 is 15.0 Å². The first-order valence-electron chi connectivity index (χ1n) is 8.22. The molecule has 0 bridgehead atoms. The maximum Gasteiger partial charge on any atom is 0.0779 e. The number of rotatable bonds is 4. The van der Waals surface area contributed by atoms with Crippen LogP contribution in [0, 0.1) is 0 Å². The highest BCUT2D eigenvalue weighted by atomic mass is 35.5. The van der Waals surface area contributed by atoms with Gasteiger partial charge in [0.2, 0.25) is 0 Å². The molecule has 0 radical (unpaired) electrons. The summed E-state index contributed by atoms with van der Waals surface area (Å²) in [5, 5.41) is 4.50. The van der Waals surface area contributed by atoms with Crippen LogP contribution in [0.1, 0.15) is 37.7 Å². The Morgan fingerprint density at radius 2 is 2.14 bits per heavy atom. The second-order valence-electron chi connectivity index (χ2n) is 6.49. The number of hydrogen-bond acceptors (Lipinski definition) is 3. The zero-order chi connectivity index (χ0) is 14.2. The summed E-state index contributed by atoms with van der Waals surface area (Å²) in [6, 6.07) is 7.57. The SMILES string of the molecule is Clc1cccc(N2CCOC3CCCC32)c1CNC1CC1. The lowest BCUT2D eigenvalue weighted by Crippen LogP contribution is -2.49. The normalized spacial score (nSPS) is 28.7. The van der Waals surface area contributed by atoms with Gasteiger partial charge in [0.15, 0.2) is 0 Å². The lowest BCUT2D eigenvalue weighted by molar-refractivity contribution is 0.0256. The molecule has 21 heavy (non-hydrogen) atoms. The van der Waals surface area contributed by atoms with E-state index in [9.17, 15) is 0 Å². The van der Waals surface area contributed by atoms with Crippen molar-refractivity contribution in [2.75, 3.05) is 18.1 Å². The van der Waals surface area contributed by atoms with Crippen molar-refractivity contribution in [3.8, 4) is 0 Å². The second-order valence-corrected chi connectivity index (χ2v) is 6.90. The van der Waals surface area contributed by atoms with Crippen molar-refractivity contribution >= 4 is 17.3 Å². The van der Waals surface area contributed by atoms with Crippen molar-refractivity contribution < 1.29 is 4.74 Å². The lowest BCUT2D eigenvalue weighted by Gasteiger charge is -2.40. The van der Waals surface area contributed by atoms with Gasteiger partial charge in [-0.1, -0.05) is 17.7 Å². The number of anilines is 1. The third-order valence-corrected chi connectivity index (χ3v) is 5.38. The Morgan fingerprint density at radius 1 is 1.24 bits per heavy atom. The summed E-state index contributed by atoms with van der Waals surface area (Å²) < 4.78 is 5.94. The van der Waals surface area contributed by atoms with Crippen LogP contribution in [0.2, 0.25) is 5.02 Å². The molecule has 0 amide bonds. The van der Waals surface area contributed by atoms with Gasteiger partial charge in [0.1, 0.15) is 0 Å². The molecule has 1 saturated heterocycles. The van der Waals surface area contributed by atoms with Gasteiger partial charge in [-0.15, -0.1) is 0 Å². The van der Waals surface area contributed by atoms with E-state index in [4.69, 9.17) is 16.3 Å². The Balaban J connectivity index is 1.61. The number of hydrogen-bond donors (Lipinski definition) is 1. The maximum absolute atomic E-state index is 6.50. The number of nitrogens with zero attached hydrogens (tertiary/aromatic N) is 1. The molecule has 2 aliphatic carbocycles. The number of benzene rings is 1. The van der Waals surface area contributed by atoms with Crippen molar-refractivity contribution in [3.05, 3.63) is 28.8 Å². The van der Waals surface area contributed by atoms with Crippen LogP contribution in [0.5, 0.6) is 0 Å². The van der Waals surface area contributed by atoms with Crippen LogP contribution >= 0.6 is 11.6 Å². The fourth-order valence-electron chi connectivity index (χ4n) is 3.75. The van der Waals surface area contributed by atoms with Gasteiger partial charge in [0, 0.05) is 35.4 Å². The lowest BCUT2D eigenvalue weighted by atomic mass is 10.1. The largest absolute Gasteiger partial charge is 0.374 e. The molecule has 4 rings (SSSR count). The zero-order valence-electron chi connectivity index (χ0n) is 12.4. The molecular weight excluding hydrogens is 284 g/mol. The molecule has 1 aromatic rings. The zero-order valence-corrected chi connectivity index (χ0v) is 13.1. The Labute approximate surface area is 131 Å². The number of fused-ring (bicyclic) bond motifs is 1. The third kappa shape index (κ3) is 2.79. The average Bonchev–Trinajstić information content (AvgIpc) is 3.20. The van der Waals surface area contributed by atoms with E-state index in [1.54, 1.807) is 0 Å². The minimum atomic E-state index is 0.418. The first-order valence-corrected chi connectivity index (χ1v) is 8.60. The Hall–Kier alpha value is -0.770.